The van der Waals surface area contributed by atoms with Gasteiger partial charge in [-0.3, -0.25) is 10.1 Å². The van der Waals surface area contributed by atoms with E-state index >= 15 is 0 Å². The Morgan fingerprint density at radius 3 is 2.88 bits per heavy atom. The molecule has 25 heavy (non-hydrogen) atoms. The second-order valence-corrected chi connectivity index (χ2v) is 5.17. The highest BCUT2D eigenvalue weighted by atomic mass is 19.1. The van der Waals surface area contributed by atoms with E-state index < -0.39 is 5.82 Å². The SMILES string of the molecule is N#CCCC(=O)Nc1nc2ccc(-c3cc(C#N)ccc3F)cn2n1. The van der Waals surface area contributed by atoms with Crippen molar-refractivity contribution < 1.29 is 9.18 Å². The van der Waals surface area contributed by atoms with Crippen molar-refractivity contribution in [2.75, 3.05) is 5.32 Å². The van der Waals surface area contributed by atoms with Gasteiger partial charge in [-0.15, -0.1) is 5.10 Å². The topological polar surface area (TPSA) is 107 Å². The number of hydrogen-bond acceptors (Lipinski definition) is 5. The number of aromatic nitrogens is 3. The average molecular weight is 334 g/mol. The van der Waals surface area contributed by atoms with Crippen molar-refractivity contribution in [3.8, 4) is 23.3 Å². The van der Waals surface area contributed by atoms with Crippen LogP contribution in [0, 0.1) is 28.5 Å². The van der Waals surface area contributed by atoms with Gasteiger partial charge in [0.05, 0.1) is 17.7 Å². The molecule has 0 spiro atoms. The molecule has 122 valence electrons. The fourth-order valence-electron chi connectivity index (χ4n) is 2.27. The zero-order valence-electron chi connectivity index (χ0n) is 12.9. The van der Waals surface area contributed by atoms with Crippen molar-refractivity contribution in [1.29, 1.82) is 10.5 Å². The number of nitrogens with one attached hydrogen (secondary N) is 1. The average Bonchev–Trinajstić information content (AvgIpc) is 3.01. The van der Waals surface area contributed by atoms with Crippen LogP contribution in [-0.4, -0.2) is 20.5 Å². The van der Waals surface area contributed by atoms with Crippen molar-refractivity contribution >= 4 is 17.5 Å². The smallest absolute Gasteiger partial charge is 0.249 e. The maximum atomic E-state index is 14.0. The molecular weight excluding hydrogens is 323 g/mol. The first-order chi connectivity index (χ1) is 12.1. The molecule has 7 nitrogen and oxygen atoms in total. The Hall–Kier alpha value is -3.78. The van der Waals surface area contributed by atoms with Crippen LogP contribution >= 0.6 is 0 Å². The fourth-order valence-corrected chi connectivity index (χ4v) is 2.27. The molecule has 1 amide bonds. The van der Waals surface area contributed by atoms with Gasteiger partial charge in [0.1, 0.15) is 5.82 Å². The van der Waals surface area contributed by atoms with Gasteiger partial charge in [0.25, 0.3) is 0 Å². The third-order valence-electron chi connectivity index (χ3n) is 3.45. The van der Waals surface area contributed by atoms with Gasteiger partial charge in [0, 0.05) is 30.2 Å². The monoisotopic (exact) mass is 334 g/mol. The van der Waals surface area contributed by atoms with Crippen LogP contribution in [-0.2, 0) is 4.79 Å². The summed E-state index contributed by atoms with van der Waals surface area (Å²) in [6.45, 7) is 0. The maximum absolute atomic E-state index is 14.0. The second kappa shape index (κ2) is 6.77. The number of hydrogen-bond donors (Lipinski definition) is 1. The van der Waals surface area contributed by atoms with Gasteiger partial charge in [-0.25, -0.2) is 8.91 Å². The third kappa shape index (κ3) is 3.43. The van der Waals surface area contributed by atoms with Crippen molar-refractivity contribution in [2.45, 2.75) is 12.8 Å². The lowest BCUT2D eigenvalue weighted by molar-refractivity contribution is -0.116. The van der Waals surface area contributed by atoms with E-state index in [-0.39, 0.29) is 30.3 Å². The highest BCUT2D eigenvalue weighted by Crippen LogP contribution is 2.24. The summed E-state index contributed by atoms with van der Waals surface area (Å²) in [6, 6.07) is 11.2. The van der Waals surface area contributed by atoms with Gasteiger partial charge in [0.2, 0.25) is 11.9 Å². The molecule has 8 heteroatoms. The van der Waals surface area contributed by atoms with E-state index in [9.17, 15) is 9.18 Å². The minimum absolute atomic E-state index is 0.0590. The molecule has 3 rings (SSSR count). The Morgan fingerprint density at radius 2 is 2.12 bits per heavy atom. The number of carbonyl (C=O) groups excluding carboxylic acids is 1. The van der Waals surface area contributed by atoms with E-state index in [1.54, 1.807) is 18.3 Å². The van der Waals surface area contributed by atoms with Gasteiger partial charge >= 0.3 is 0 Å². The largest absolute Gasteiger partial charge is 0.293 e. The third-order valence-corrected chi connectivity index (χ3v) is 3.45. The van der Waals surface area contributed by atoms with E-state index in [4.69, 9.17) is 10.5 Å². The zero-order chi connectivity index (χ0) is 17.8. The van der Waals surface area contributed by atoms with Gasteiger partial charge in [-0.1, -0.05) is 0 Å². The molecule has 0 radical (unpaired) electrons. The molecule has 3 aromatic rings. The molecule has 1 aromatic carbocycles. The first-order valence-corrected chi connectivity index (χ1v) is 7.34. The van der Waals surface area contributed by atoms with E-state index in [2.05, 4.69) is 15.4 Å². The van der Waals surface area contributed by atoms with Gasteiger partial charge in [-0.05, 0) is 30.3 Å². The Morgan fingerprint density at radius 1 is 1.28 bits per heavy atom. The van der Waals surface area contributed by atoms with Crippen LogP contribution in [0.2, 0.25) is 0 Å². The van der Waals surface area contributed by atoms with Gasteiger partial charge < -0.3 is 0 Å². The minimum Gasteiger partial charge on any atom is -0.293 e. The van der Waals surface area contributed by atoms with E-state index in [0.29, 0.717) is 16.8 Å². The number of carbonyl (C=O) groups is 1. The Bertz CT molecular complexity index is 1040. The van der Waals surface area contributed by atoms with E-state index in [0.717, 1.165) is 0 Å². The molecule has 0 atom stereocenters. The second-order valence-electron chi connectivity index (χ2n) is 5.17. The van der Waals surface area contributed by atoms with E-state index in [1.165, 1.54) is 22.7 Å². The van der Waals surface area contributed by atoms with Crippen LogP contribution in [0.15, 0.2) is 36.5 Å². The lowest BCUT2D eigenvalue weighted by Gasteiger charge is -2.04. The molecule has 2 heterocycles. The summed E-state index contributed by atoms with van der Waals surface area (Å²) in [5.41, 5.74) is 1.61. The first-order valence-electron chi connectivity index (χ1n) is 7.34. The standard InChI is InChI=1S/C17H11FN6O/c18-14-5-3-11(9-20)8-13(14)12-4-6-15-21-17(23-24(15)10-12)22-16(25)2-1-7-19/h3-6,8,10H,1-2H2,(H,22,23,25). The molecule has 0 bridgehead atoms. The predicted octanol–water partition coefficient (Wildman–Crippen LogP) is 2.65. The van der Waals surface area contributed by atoms with Crippen molar-refractivity contribution in [2.24, 2.45) is 0 Å². The van der Waals surface area contributed by atoms with Crippen molar-refractivity contribution in [3.05, 3.63) is 47.9 Å². The Kier molecular flexibility index (Phi) is 4.36. The summed E-state index contributed by atoms with van der Waals surface area (Å²) in [7, 11) is 0. The summed E-state index contributed by atoms with van der Waals surface area (Å²) in [5.74, 6) is -0.708. The Balaban J connectivity index is 1.92. The van der Waals surface area contributed by atoms with Crippen molar-refractivity contribution in [3.63, 3.8) is 0 Å². The van der Waals surface area contributed by atoms with Crippen LogP contribution in [0.4, 0.5) is 10.3 Å². The number of nitriles is 2. The number of fused-ring (bicyclic) bond motifs is 1. The number of nitrogens with zero attached hydrogens (tertiary/aromatic N) is 5. The molecule has 0 saturated carbocycles. The molecular formula is C17H11FN6O. The predicted molar refractivity (Wildman–Crippen MR) is 86.6 cm³/mol. The molecule has 0 aliphatic carbocycles. The summed E-state index contributed by atoms with van der Waals surface area (Å²) in [4.78, 5) is 15.8. The highest BCUT2D eigenvalue weighted by molar-refractivity contribution is 5.89. The molecule has 0 aliphatic heterocycles. The lowest BCUT2D eigenvalue weighted by Crippen LogP contribution is -2.12. The number of rotatable bonds is 4. The summed E-state index contributed by atoms with van der Waals surface area (Å²) in [5, 5.41) is 24.1. The van der Waals surface area contributed by atoms with Crippen LogP contribution < -0.4 is 5.32 Å². The molecule has 0 fully saturated rings. The number of anilines is 1. The molecule has 1 N–H and O–H groups in total. The summed E-state index contributed by atoms with van der Waals surface area (Å²) >= 11 is 0. The number of amides is 1. The van der Waals surface area contributed by atoms with E-state index in [1.807, 2.05) is 12.1 Å². The van der Waals surface area contributed by atoms with Crippen molar-refractivity contribution in [1.82, 2.24) is 14.6 Å². The lowest BCUT2D eigenvalue weighted by atomic mass is 10.0. The molecule has 0 unspecified atom stereocenters. The Labute approximate surface area is 142 Å². The maximum Gasteiger partial charge on any atom is 0.249 e. The molecule has 0 saturated heterocycles. The number of benzene rings is 1. The van der Waals surface area contributed by atoms with Crippen LogP contribution in [0.5, 0.6) is 0 Å². The first kappa shape index (κ1) is 16.1. The highest BCUT2D eigenvalue weighted by Gasteiger charge is 2.11. The number of pyridine rings is 1. The molecule has 2 aromatic heterocycles. The number of halogens is 1. The quantitative estimate of drug-likeness (QED) is 0.789. The van der Waals surface area contributed by atoms with Crippen LogP contribution in [0.25, 0.3) is 16.8 Å². The normalized spacial score (nSPS) is 10.2. The van der Waals surface area contributed by atoms with Crippen LogP contribution in [0.1, 0.15) is 18.4 Å². The summed E-state index contributed by atoms with van der Waals surface area (Å²) < 4.78 is 15.5. The zero-order valence-corrected chi connectivity index (χ0v) is 12.9. The summed E-state index contributed by atoms with van der Waals surface area (Å²) in [6.07, 6.45) is 1.73. The minimum atomic E-state index is -0.455. The van der Waals surface area contributed by atoms with Gasteiger partial charge in [-0.2, -0.15) is 15.5 Å². The fraction of sp³-hybridized carbons (Fsp3) is 0.118. The van der Waals surface area contributed by atoms with Crippen LogP contribution in [0.3, 0.4) is 0 Å². The van der Waals surface area contributed by atoms with Gasteiger partial charge in [0.15, 0.2) is 5.65 Å². The molecule has 0 aliphatic rings.